The van der Waals surface area contributed by atoms with Gasteiger partial charge in [-0.1, -0.05) is 39.0 Å². The van der Waals surface area contributed by atoms with Crippen LogP contribution in [-0.4, -0.2) is 44.3 Å². The molecule has 138 valence electrons. The van der Waals surface area contributed by atoms with E-state index in [1.54, 1.807) is 15.8 Å². The summed E-state index contributed by atoms with van der Waals surface area (Å²) >= 11 is 0. The number of carboxylic acid groups (broad SMARTS) is 1. The van der Waals surface area contributed by atoms with Crippen molar-refractivity contribution in [3.63, 3.8) is 0 Å². The maximum absolute atomic E-state index is 13.2. The number of amides is 1. The Morgan fingerprint density at radius 1 is 1.23 bits per heavy atom. The van der Waals surface area contributed by atoms with Gasteiger partial charge in [-0.15, -0.1) is 0 Å². The van der Waals surface area contributed by atoms with E-state index in [4.69, 9.17) is 5.11 Å². The van der Waals surface area contributed by atoms with Gasteiger partial charge < -0.3 is 10.0 Å². The first-order chi connectivity index (χ1) is 12.3. The number of rotatable bonds is 4. The maximum atomic E-state index is 13.2. The second-order valence-corrected chi connectivity index (χ2v) is 7.81. The number of para-hydroxylation sites is 1. The summed E-state index contributed by atoms with van der Waals surface area (Å²) in [6.07, 6.45) is 3.33. The van der Waals surface area contributed by atoms with Crippen molar-refractivity contribution in [1.82, 2.24) is 14.7 Å². The van der Waals surface area contributed by atoms with Crippen molar-refractivity contribution in [2.24, 2.45) is 0 Å². The molecule has 1 aromatic carbocycles. The highest BCUT2D eigenvalue weighted by atomic mass is 16.4. The summed E-state index contributed by atoms with van der Waals surface area (Å²) in [5, 5.41) is 13.8. The fourth-order valence-electron chi connectivity index (χ4n) is 3.47. The third kappa shape index (κ3) is 3.64. The van der Waals surface area contributed by atoms with Crippen molar-refractivity contribution in [1.29, 1.82) is 0 Å². The molecule has 0 radical (unpaired) electrons. The molecule has 26 heavy (non-hydrogen) atoms. The maximum Gasteiger partial charge on any atom is 0.305 e. The number of benzene rings is 1. The Bertz CT molecular complexity index is 805. The van der Waals surface area contributed by atoms with E-state index in [1.807, 2.05) is 51.1 Å². The second kappa shape index (κ2) is 6.94. The molecular weight excluding hydrogens is 330 g/mol. The van der Waals surface area contributed by atoms with Gasteiger partial charge >= 0.3 is 5.97 Å². The first kappa shape index (κ1) is 18.2. The minimum Gasteiger partial charge on any atom is -0.481 e. The van der Waals surface area contributed by atoms with Crippen LogP contribution in [0.25, 0.3) is 5.69 Å². The molecule has 2 aromatic rings. The lowest BCUT2D eigenvalue weighted by molar-refractivity contribution is -0.137. The molecule has 1 fully saturated rings. The number of carbonyl (C=O) groups excluding carboxylic acids is 1. The van der Waals surface area contributed by atoms with Crippen LogP contribution in [-0.2, 0) is 10.2 Å². The topological polar surface area (TPSA) is 75.4 Å². The summed E-state index contributed by atoms with van der Waals surface area (Å²) in [6.45, 7) is 6.68. The molecule has 0 aliphatic carbocycles. The van der Waals surface area contributed by atoms with Crippen molar-refractivity contribution in [2.45, 2.75) is 51.5 Å². The summed E-state index contributed by atoms with van der Waals surface area (Å²) in [5.41, 5.74) is 1.87. The van der Waals surface area contributed by atoms with E-state index >= 15 is 0 Å². The van der Waals surface area contributed by atoms with Gasteiger partial charge in [0.25, 0.3) is 5.91 Å². The van der Waals surface area contributed by atoms with E-state index in [-0.39, 0.29) is 23.8 Å². The van der Waals surface area contributed by atoms with Crippen LogP contribution in [0.1, 0.15) is 56.1 Å². The summed E-state index contributed by atoms with van der Waals surface area (Å²) in [4.78, 5) is 26.1. The van der Waals surface area contributed by atoms with Crippen LogP contribution >= 0.6 is 0 Å². The molecule has 3 rings (SSSR count). The van der Waals surface area contributed by atoms with Crippen LogP contribution in [0.2, 0.25) is 0 Å². The zero-order valence-electron chi connectivity index (χ0n) is 15.5. The third-order valence-electron chi connectivity index (χ3n) is 4.72. The van der Waals surface area contributed by atoms with Crippen LogP contribution in [0.5, 0.6) is 0 Å². The predicted octanol–water partition coefficient (Wildman–Crippen LogP) is 3.25. The van der Waals surface area contributed by atoms with Crippen LogP contribution in [0.15, 0.2) is 36.5 Å². The number of aliphatic carboxylic acids is 1. The highest BCUT2D eigenvalue weighted by Crippen LogP contribution is 2.29. The lowest BCUT2D eigenvalue weighted by Gasteiger charge is -2.25. The monoisotopic (exact) mass is 355 g/mol. The molecular formula is C20H25N3O3. The zero-order valence-corrected chi connectivity index (χ0v) is 15.5. The lowest BCUT2D eigenvalue weighted by atomic mass is 9.89. The van der Waals surface area contributed by atoms with Crippen molar-refractivity contribution < 1.29 is 14.7 Å². The van der Waals surface area contributed by atoms with Gasteiger partial charge in [0.15, 0.2) is 0 Å². The van der Waals surface area contributed by atoms with E-state index < -0.39 is 5.97 Å². The molecule has 1 amide bonds. The molecule has 1 aliphatic heterocycles. The molecule has 0 spiro atoms. The quantitative estimate of drug-likeness (QED) is 0.913. The number of hydrogen-bond acceptors (Lipinski definition) is 3. The van der Waals surface area contributed by atoms with Crippen LogP contribution in [0.3, 0.4) is 0 Å². The Kier molecular flexibility index (Phi) is 4.85. The molecule has 1 N–H and O–H groups in total. The van der Waals surface area contributed by atoms with Gasteiger partial charge in [0.05, 0.1) is 23.4 Å². The van der Waals surface area contributed by atoms with E-state index in [9.17, 15) is 9.59 Å². The second-order valence-electron chi connectivity index (χ2n) is 7.81. The van der Waals surface area contributed by atoms with E-state index in [1.165, 1.54) is 0 Å². The predicted molar refractivity (Wildman–Crippen MR) is 98.6 cm³/mol. The van der Waals surface area contributed by atoms with Gasteiger partial charge in [0.2, 0.25) is 0 Å². The van der Waals surface area contributed by atoms with Crippen molar-refractivity contribution in [3.8, 4) is 5.69 Å². The average Bonchev–Trinajstić information content (AvgIpc) is 3.21. The van der Waals surface area contributed by atoms with Crippen molar-refractivity contribution in [2.75, 3.05) is 6.54 Å². The number of hydrogen-bond donors (Lipinski definition) is 1. The normalized spacial score (nSPS) is 17.5. The largest absolute Gasteiger partial charge is 0.481 e. The molecule has 0 saturated carbocycles. The van der Waals surface area contributed by atoms with E-state index in [0.29, 0.717) is 12.1 Å². The van der Waals surface area contributed by atoms with Gasteiger partial charge in [0.1, 0.15) is 0 Å². The fraction of sp³-hybridized carbons (Fsp3) is 0.450. The smallest absolute Gasteiger partial charge is 0.305 e. The van der Waals surface area contributed by atoms with Crippen LogP contribution < -0.4 is 0 Å². The zero-order chi connectivity index (χ0) is 18.9. The first-order valence-electron chi connectivity index (χ1n) is 8.95. The summed E-state index contributed by atoms with van der Waals surface area (Å²) in [7, 11) is 0. The fourth-order valence-corrected chi connectivity index (χ4v) is 3.47. The highest BCUT2D eigenvalue weighted by Gasteiger charge is 2.35. The van der Waals surface area contributed by atoms with Gasteiger partial charge in [-0.3, -0.25) is 9.59 Å². The Hall–Kier alpha value is -2.63. The van der Waals surface area contributed by atoms with E-state index in [2.05, 4.69) is 5.10 Å². The van der Waals surface area contributed by atoms with Crippen LogP contribution in [0.4, 0.5) is 0 Å². The standard InChI is InChI=1S/C20H25N3O3/c1-20(2,3)18-16(13-23(21-18)14-8-5-4-6-9-14)19(26)22-11-7-10-15(22)12-17(24)25/h4-6,8-9,13,15H,7,10-12H2,1-3H3,(H,24,25). The minimum atomic E-state index is -0.870. The molecule has 6 nitrogen and oxygen atoms in total. The first-order valence-corrected chi connectivity index (χ1v) is 8.95. The number of likely N-dealkylation sites (tertiary alicyclic amines) is 1. The Balaban J connectivity index is 1.99. The number of carbonyl (C=O) groups is 2. The van der Waals surface area contributed by atoms with Crippen molar-refractivity contribution in [3.05, 3.63) is 47.8 Å². The molecule has 1 aromatic heterocycles. The molecule has 1 saturated heterocycles. The molecule has 6 heteroatoms. The van der Waals surface area contributed by atoms with Gasteiger partial charge in [-0.25, -0.2) is 4.68 Å². The summed E-state index contributed by atoms with van der Waals surface area (Å²) < 4.78 is 1.73. The Morgan fingerprint density at radius 2 is 1.92 bits per heavy atom. The number of aromatic nitrogens is 2. The summed E-state index contributed by atoms with van der Waals surface area (Å²) in [5.74, 6) is -0.994. The average molecular weight is 355 g/mol. The molecule has 2 heterocycles. The molecule has 1 unspecified atom stereocenters. The van der Waals surface area contributed by atoms with E-state index in [0.717, 1.165) is 24.2 Å². The van der Waals surface area contributed by atoms with Crippen molar-refractivity contribution >= 4 is 11.9 Å². The molecule has 1 atom stereocenters. The number of nitrogens with zero attached hydrogens (tertiary/aromatic N) is 3. The lowest BCUT2D eigenvalue weighted by Crippen LogP contribution is -2.37. The van der Waals surface area contributed by atoms with Gasteiger partial charge in [0, 0.05) is 24.2 Å². The van der Waals surface area contributed by atoms with Gasteiger partial charge in [-0.2, -0.15) is 5.10 Å². The Morgan fingerprint density at radius 3 is 2.54 bits per heavy atom. The molecule has 0 bridgehead atoms. The highest BCUT2D eigenvalue weighted by molar-refractivity contribution is 5.96. The van der Waals surface area contributed by atoms with Gasteiger partial charge in [-0.05, 0) is 25.0 Å². The van der Waals surface area contributed by atoms with Crippen LogP contribution in [0, 0.1) is 0 Å². The minimum absolute atomic E-state index is 0.0105. The third-order valence-corrected chi connectivity index (χ3v) is 4.72. The SMILES string of the molecule is CC(C)(C)c1nn(-c2ccccc2)cc1C(=O)N1CCCC1CC(=O)O. The Labute approximate surface area is 153 Å². The molecule has 1 aliphatic rings. The number of carboxylic acids is 1. The summed E-state index contributed by atoms with van der Waals surface area (Å²) in [6, 6.07) is 9.43.